The summed E-state index contributed by atoms with van der Waals surface area (Å²) in [6.07, 6.45) is 2.61. The SMILES string of the molecule is CCCn1nccc1C(=O)c1ccc(OCC)cc1. The van der Waals surface area contributed by atoms with Gasteiger partial charge in [0, 0.05) is 18.3 Å². The quantitative estimate of drug-likeness (QED) is 0.748. The molecular formula is C15H18N2O2. The van der Waals surface area contributed by atoms with Gasteiger partial charge in [-0.3, -0.25) is 9.48 Å². The van der Waals surface area contributed by atoms with Crippen molar-refractivity contribution < 1.29 is 9.53 Å². The molecule has 0 fully saturated rings. The van der Waals surface area contributed by atoms with Crippen molar-refractivity contribution in [3.8, 4) is 5.75 Å². The van der Waals surface area contributed by atoms with Crippen LogP contribution < -0.4 is 4.74 Å². The highest BCUT2D eigenvalue weighted by molar-refractivity contribution is 6.07. The third-order valence-electron chi connectivity index (χ3n) is 2.81. The second kappa shape index (κ2) is 6.18. The zero-order valence-electron chi connectivity index (χ0n) is 11.3. The topological polar surface area (TPSA) is 44.1 Å². The normalized spacial score (nSPS) is 10.4. The molecule has 0 radical (unpaired) electrons. The van der Waals surface area contributed by atoms with Gasteiger partial charge >= 0.3 is 0 Å². The van der Waals surface area contributed by atoms with E-state index >= 15 is 0 Å². The molecule has 4 heteroatoms. The molecule has 1 heterocycles. The van der Waals surface area contributed by atoms with Crippen molar-refractivity contribution in [1.29, 1.82) is 0 Å². The van der Waals surface area contributed by atoms with Crippen LogP contribution in [0.1, 0.15) is 36.3 Å². The number of hydrogen-bond acceptors (Lipinski definition) is 3. The van der Waals surface area contributed by atoms with E-state index in [1.807, 2.05) is 19.1 Å². The Morgan fingerprint density at radius 2 is 1.95 bits per heavy atom. The Balaban J connectivity index is 2.21. The lowest BCUT2D eigenvalue weighted by Crippen LogP contribution is -2.11. The Labute approximate surface area is 113 Å². The van der Waals surface area contributed by atoms with Crippen LogP contribution in [0, 0.1) is 0 Å². The van der Waals surface area contributed by atoms with Crippen molar-refractivity contribution in [3.63, 3.8) is 0 Å². The molecule has 0 N–H and O–H groups in total. The molecule has 0 spiro atoms. The summed E-state index contributed by atoms with van der Waals surface area (Å²) in [7, 11) is 0. The fourth-order valence-electron chi connectivity index (χ4n) is 1.93. The molecule has 2 aromatic rings. The summed E-state index contributed by atoms with van der Waals surface area (Å²) < 4.78 is 7.11. The van der Waals surface area contributed by atoms with E-state index in [0.717, 1.165) is 18.7 Å². The van der Waals surface area contributed by atoms with Gasteiger partial charge in [0.15, 0.2) is 0 Å². The van der Waals surface area contributed by atoms with Crippen molar-refractivity contribution in [1.82, 2.24) is 9.78 Å². The van der Waals surface area contributed by atoms with Crippen molar-refractivity contribution >= 4 is 5.78 Å². The summed E-state index contributed by atoms with van der Waals surface area (Å²) in [6.45, 7) is 5.37. The molecule has 1 aromatic carbocycles. The smallest absolute Gasteiger partial charge is 0.211 e. The van der Waals surface area contributed by atoms with Crippen LogP contribution >= 0.6 is 0 Å². The van der Waals surface area contributed by atoms with Crippen LogP contribution in [0.3, 0.4) is 0 Å². The average molecular weight is 258 g/mol. The van der Waals surface area contributed by atoms with Gasteiger partial charge in [-0.1, -0.05) is 6.92 Å². The summed E-state index contributed by atoms with van der Waals surface area (Å²) in [4.78, 5) is 12.4. The Morgan fingerprint density at radius 3 is 2.58 bits per heavy atom. The van der Waals surface area contributed by atoms with Crippen LogP contribution in [0.15, 0.2) is 36.5 Å². The van der Waals surface area contributed by atoms with E-state index in [1.165, 1.54) is 0 Å². The number of ketones is 1. The van der Waals surface area contributed by atoms with Crippen LogP contribution in [0.4, 0.5) is 0 Å². The standard InChI is InChI=1S/C15H18N2O2/c1-3-11-17-14(9-10-16-17)15(18)12-5-7-13(8-6-12)19-4-2/h5-10H,3-4,11H2,1-2H3. The highest BCUT2D eigenvalue weighted by Gasteiger charge is 2.13. The molecule has 0 bridgehead atoms. The molecule has 1 aromatic heterocycles. The molecule has 0 aliphatic rings. The van der Waals surface area contributed by atoms with E-state index in [1.54, 1.807) is 29.1 Å². The minimum atomic E-state index is -0.00556. The second-order valence-electron chi connectivity index (χ2n) is 4.23. The highest BCUT2D eigenvalue weighted by atomic mass is 16.5. The van der Waals surface area contributed by atoms with E-state index in [2.05, 4.69) is 12.0 Å². The number of aromatic nitrogens is 2. The van der Waals surface area contributed by atoms with Gasteiger partial charge in [-0.25, -0.2) is 0 Å². The molecular weight excluding hydrogens is 240 g/mol. The van der Waals surface area contributed by atoms with Gasteiger partial charge in [0.2, 0.25) is 5.78 Å². The lowest BCUT2D eigenvalue weighted by molar-refractivity contribution is 0.102. The van der Waals surface area contributed by atoms with E-state index < -0.39 is 0 Å². The predicted octanol–water partition coefficient (Wildman–Crippen LogP) is 2.92. The van der Waals surface area contributed by atoms with Crippen LogP contribution in [0.2, 0.25) is 0 Å². The summed E-state index contributed by atoms with van der Waals surface area (Å²) in [5.74, 6) is 0.773. The van der Waals surface area contributed by atoms with Crippen molar-refractivity contribution in [2.45, 2.75) is 26.8 Å². The number of nitrogens with zero attached hydrogens (tertiary/aromatic N) is 2. The van der Waals surface area contributed by atoms with Gasteiger partial charge in [-0.15, -0.1) is 0 Å². The molecule has 0 atom stereocenters. The average Bonchev–Trinajstić information content (AvgIpc) is 2.88. The molecule has 2 rings (SSSR count). The Kier molecular flexibility index (Phi) is 4.34. The van der Waals surface area contributed by atoms with Gasteiger partial charge in [0.25, 0.3) is 0 Å². The van der Waals surface area contributed by atoms with Crippen LogP contribution in [-0.2, 0) is 6.54 Å². The maximum absolute atomic E-state index is 12.4. The lowest BCUT2D eigenvalue weighted by atomic mass is 10.1. The first kappa shape index (κ1) is 13.3. The molecule has 100 valence electrons. The Hall–Kier alpha value is -2.10. The maximum atomic E-state index is 12.4. The third kappa shape index (κ3) is 3.02. The largest absolute Gasteiger partial charge is 0.494 e. The molecule has 0 unspecified atom stereocenters. The lowest BCUT2D eigenvalue weighted by Gasteiger charge is -2.06. The van der Waals surface area contributed by atoms with Gasteiger partial charge in [0.1, 0.15) is 11.4 Å². The number of benzene rings is 1. The van der Waals surface area contributed by atoms with Gasteiger partial charge in [0.05, 0.1) is 6.61 Å². The molecule has 0 aliphatic carbocycles. The number of carbonyl (C=O) groups is 1. The number of ether oxygens (including phenoxy) is 1. The first-order valence-corrected chi connectivity index (χ1v) is 6.55. The highest BCUT2D eigenvalue weighted by Crippen LogP contribution is 2.15. The maximum Gasteiger partial charge on any atom is 0.211 e. The molecule has 4 nitrogen and oxygen atoms in total. The monoisotopic (exact) mass is 258 g/mol. The predicted molar refractivity (Wildman–Crippen MR) is 73.6 cm³/mol. The first-order chi connectivity index (χ1) is 9.26. The first-order valence-electron chi connectivity index (χ1n) is 6.55. The number of carbonyl (C=O) groups excluding carboxylic acids is 1. The Bertz CT molecular complexity index is 544. The van der Waals surface area contributed by atoms with Crippen molar-refractivity contribution in [2.24, 2.45) is 0 Å². The van der Waals surface area contributed by atoms with Crippen molar-refractivity contribution in [3.05, 3.63) is 47.8 Å². The summed E-state index contributed by atoms with van der Waals surface area (Å²) >= 11 is 0. The Morgan fingerprint density at radius 1 is 1.21 bits per heavy atom. The van der Waals surface area contributed by atoms with Gasteiger partial charge < -0.3 is 4.74 Å². The fraction of sp³-hybridized carbons (Fsp3) is 0.333. The molecule has 0 amide bonds. The molecule has 0 saturated heterocycles. The molecule has 0 aliphatic heterocycles. The molecule has 0 saturated carbocycles. The fourth-order valence-corrected chi connectivity index (χ4v) is 1.93. The van der Waals surface area contributed by atoms with Crippen LogP contribution in [0.25, 0.3) is 0 Å². The van der Waals surface area contributed by atoms with E-state index in [-0.39, 0.29) is 5.78 Å². The number of rotatable bonds is 6. The van der Waals surface area contributed by atoms with Crippen LogP contribution in [-0.4, -0.2) is 22.2 Å². The number of aryl methyl sites for hydroxylation is 1. The minimum absolute atomic E-state index is 0.00556. The van der Waals surface area contributed by atoms with E-state index in [9.17, 15) is 4.79 Å². The zero-order valence-corrected chi connectivity index (χ0v) is 11.3. The summed E-state index contributed by atoms with van der Waals surface area (Å²) in [5.41, 5.74) is 1.28. The van der Waals surface area contributed by atoms with E-state index in [4.69, 9.17) is 4.74 Å². The summed E-state index contributed by atoms with van der Waals surface area (Å²) in [5, 5.41) is 4.17. The zero-order chi connectivity index (χ0) is 13.7. The van der Waals surface area contributed by atoms with Crippen molar-refractivity contribution in [2.75, 3.05) is 6.61 Å². The molecule has 19 heavy (non-hydrogen) atoms. The second-order valence-corrected chi connectivity index (χ2v) is 4.23. The third-order valence-corrected chi connectivity index (χ3v) is 2.81. The van der Waals surface area contributed by atoms with Gasteiger partial charge in [-0.2, -0.15) is 5.10 Å². The summed E-state index contributed by atoms with van der Waals surface area (Å²) in [6, 6.07) is 8.97. The van der Waals surface area contributed by atoms with Gasteiger partial charge in [-0.05, 0) is 43.7 Å². The number of hydrogen-bond donors (Lipinski definition) is 0. The van der Waals surface area contributed by atoms with Crippen LogP contribution in [0.5, 0.6) is 5.75 Å². The van der Waals surface area contributed by atoms with E-state index in [0.29, 0.717) is 17.9 Å². The minimum Gasteiger partial charge on any atom is -0.494 e.